The summed E-state index contributed by atoms with van der Waals surface area (Å²) in [5.74, 6) is 1.02. The van der Waals surface area contributed by atoms with Gasteiger partial charge in [0.15, 0.2) is 0 Å². The van der Waals surface area contributed by atoms with Crippen molar-refractivity contribution in [1.82, 2.24) is 9.80 Å². The molecule has 1 saturated heterocycles. The summed E-state index contributed by atoms with van der Waals surface area (Å²) in [7, 11) is 5.86. The average molecular weight is 349 g/mol. The van der Waals surface area contributed by atoms with Crippen LogP contribution in [0.2, 0.25) is 0 Å². The molecule has 1 fully saturated rings. The molecule has 25 heavy (non-hydrogen) atoms. The standard InChI is InChI=1S/C21H36N2O2/c1-5-6-7-8-13-23-14-12-21(24,19(17-23)16-22(2)3)18-10-9-11-20(15-18)25-4/h9-11,15,19,24H,5-8,12-14,16-17H2,1-4H3. The van der Waals surface area contributed by atoms with E-state index in [1.807, 2.05) is 24.3 Å². The van der Waals surface area contributed by atoms with Crippen molar-refractivity contribution in [2.45, 2.75) is 44.6 Å². The molecule has 1 heterocycles. The maximum absolute atomic E-state index is 11.6. The average Bonchev–Trinajstić information content (AvgIpc) is 2.61. The van der Waals surface area contributed by atoms with E-state index >= 15 is 0 Å². The van der Waals surface area contributed by atoms with E-state index in [2.05, 4.69) is 30.8 Å². The van der Waals surface area contributed by atoms with Crippen molar-refractivity contribution in [3.05, 3.63) is 29.8 Å². The second-order valence-corrected chi connectivity index (χ2v) is 7.73. The number of hydrogen-bond donors (Lipinski definition) is 1. The highest BCUT2D eigenvalue weighted by atomic mass is 16.5. The Hall–Kier alpha value is -1.10. The van der Waals surface area contributed by atoms with Gasteiger partial charge in [-0.05, 0) is 51.2 Å². The maximum Gasteiger partial charge on any atom is 0.119 e. The summed E-state index contributed by atoms with van der Waals surface area (Å²) in [6.45, 7) is 6.21. The van der Waals surface area contributed by atoms with Gasteiger partial charge < -0.3 is 19.6 Å². The minimum Gasteiger partial charge on any atom is -0.497 e. The van der Waals surface area contributed by atoms with Gasteiger partial charge in [0.25, 0.3) is 0 Å². The Labute approximate surface area is 153 Å². The zero-order valence-corrected chi connectivity index (χ0v) is 16.5. The van der Waals surface area contributed by atoms with Gasteiger partial charge in [0.05, 0.1) is 12.7 Å². The molecule has 0 aromatic heterocycles. The normalized spacial score (nSPS) is 24.6. The second kappa shape index (κ2) is 9.56. The molecule has 1 aliphatic rings. The minimum absolute atomic E-state index is 0.203. The third-order valence-electron chi connectivity index (χ3n) is 5.45. The quantitative estimate of drug-likeness (QED) is 0.694. The van der Waals surface area contributed by atoms with Crippen LogP contribution in [0.25, 0.3) is 0 Å². The number of likely N-dealkylation sites (tertiary alicyclic amines) is 1. The minimum atomic E-state index is -0.779. The van der Waals surface area contributed by atoms with Crippen molar-refractivity contribution >= 4 is 0 Å². The topological polar surface area (TPSA) is 35.9 Å². The first-order valence-electron chi connectivity index (χ1n) is 9.73. The van der Waals surface area contributed by atoms with Gasteiger partial charge in [-0.1, -0.05) is 38.3 Å². The summed E-state index contributed by atoms with van der Waals surface area (Å²) in [5, 5.41) is 11.6. The second-order valence-electron chi connectivity index (χ2n) is 7.73. The molecule has 0 spiro atoms. The van der Waals surface area contributed by atoms with Gasteiger partial charge >= 0.3 is 0 Å². The molecule has 0 amide bonds. The molecule has 0 aliphatic carbocycles. The highest BCUT2D eigenvalue weighted by molar-refractivity contribution is 5.33. The van der Waals surface area contributed by atoms with Gasteiger partial charge in [0, 0.05) is 25.6 Å². The van der Waals surface area contributed by atoms with Gasteiger partial charge in [-0.25, -0.2) is 0 Å². The first-order chi connectivity index (χ1) is 12.0. The number of methoxy groups -OCH3 is 1. The molecule has 4 nitrogen and oxygen atoms in total. The lowest BCUT2D eigenvalue weighted by molar-refractivity contribution is -0.0847. The van der Waals surface area contributed by atoms with E-state index in [1.54, 1.807) is 7.11 Å². The summed E-state index contributed by atoms with van der Waals surface area (Å²) < 4.78 is 5.37. The highest BCUT2D eigenvalue weighted by Gasteiger charge is 2.42. The first kappa shape index (κ1) is 20.2. The van der Waals surface area contributed by atoms with Crippen LogP contribution in [0.5, 0.6) is 5.75 Å². The van der Waals surface area contributed by atoms with Crippen LogP contribution >= 0.6 is 0 Å². The molecule has 1 aromatic carbocycles. The summed E-state index contributed by atoms with van der Waals surface area (Å²) in [5.41, 5.74) is 0.211. The SMILES string of the molecule is CCCCCCN1CCC(O)(c2cccc(OC)c2)C(CN(C)C)C1. The number of hydrogen-bond acceptors (Lipinski definition) is 4. The fourth-order valence-corrected chi connectivity index (χ4v) is 3.97. The molecule has 0 radical (unpaired) electrons. The molecule has 2 unspecified atom stereocenters. The van der Waals surface area contributed by atoms with Crippen LogP contribution in [0.3, 0.4) is 0 Å². The molecule has 4 heteroatoms. The third kappa shape index (κ3) is 5.44. The molecular weight excluding hydrogens is 312 g/mol. The Morgan fingerprint density at radius 1 is 1.28 bits per heavy atom. The van der Waals surface area contributed by atoms with Crippen LogP contribution in [0.15, 0.2) is 24.3 Å². The smallest absolute Gasteiger partial charge is 0.119 e. The van der Waals surface area contributed by atoms with Crippen molar-refractivity contribution in [2.75, 3.05) is 47.4 Å². The largest absolute Gasteiger partial charge is 0.497 e. The summed E-state index contributed by atoms with van der Waals surface area (Å²) >= 11 is 0. The van der Waals surface area contributed by atoms with Gasteiger partial charge in [-0.3, -0.25) is 0 Å². The molecule has 1 N–H and O–H groups in total. The Balaban J connectivity index is 2.11. The summed E-state index contributed by atoms with van der Waals surface area (Å²) in [6, 6.07) is 7.97. The zero-order chi connectivity index (χ0) is 18.3. The highest BCUT2D eigenvalue weighted by Crippen LogP contribution is 2.39. The van der Waals surface area contributed by atoms with Gasteiger partial charge in [0.1, 0.15) is 5.75 Å². The first-order valence-corrected chi connectivity index (χ1v) is 9.73. The number of unbranched alkanes of at least 4 members (excludes halogenated alkanes) is 3. The number of ether oxygens (including phenoxy) is 1. The lowest BCUT2D eigenvalue weighted by Gasteiger charge is -2.46. The number of piperidine rings is 1. The Bertz CT molecular complexity index is 520. The van der Waals surface area contributed by atoms with E-state index in [9.17, 15) is 5.11 Å². The molecule has 1 aliphatic heterocycles. The third-order valence-corrected chi connectivity index (χ3v) is 5.45. The van der Waals surface area contributed by atoms with Crippen molar-refractivity contribution in [2.24, 2.45) is 5.92 Å². The lowest BCUT2D eigenvalue weighted by atomic mass is 9.75. The zero-order valence-electron chi connectivity index (χ0n) is 16.5. The Morgan fingerprint density at radius 2 is 2.08 bits per heavy atom. The van der Waals surface area contributed by atoms with Crippen LogP contribution in [0, 0.1) is 5.92 Å². The number of benzene rings is 1. The Morgan fingerprint density at radius 3 is 2.76 bits per heavy atom. The van der Waals surface area contributed by atoms with Crippen molar-refractivity contribution in [1.29, 1.82) is 0 Å². The molecule has 142 valence electrons. The monoisotopic (exact) mass is 348 g/mol. The summed E-state index contributed by atoms with van der Waals surface area (Å²) in [4.78, 5) is 4.73. The van der Waals surface area contributed by atoms with Crippen LogP contribution in [0.1, 0.15) is 44.6 Å². The van der Waals surface area contributed by atoms with Crippen LogP contribution in [0.4, 0.5) is 0 Å². The van der Waals surface area contributed by atoms with Crippen molar-refractivity contribution < 1.29 is 9.84 Å². The number of rotatable bonds is 9. The number of nitrogens with zero attached hydrogens (tertiary/aromatic N) is 2. The predicted octanol–water partition coefficient (Wildman–Crippen LogP) is 3.35. The fourth-order valence-electron chi connectivity index (χ4n) is 3.97. The fraction of sp³-hybridized carbons (Fsp3) is 0.714. The van der Waals surface area contributed by atoms with E-state index in [0.717, 1.165) is 43.9 Å². The van der Waals surface area contributed by atoms with E-state index in [-0.39, 0.29) is 5.92 Å². The molecule has 2 atom stereocenters. The van der Waals surface area contributed by atoms with Crippen molar-refractivity contribution in [3.63, 3.8) is 0 Å². The molecule has 0 saturated carbocycles. The molecular formula is C21H36N2O2. The molecule has 2 rings (SSSR count). The van der Waals surface area contributed by atoms with Crippen LogP contribution < -0.4 is 4.74 Å². The van der Waals surface area contributed by atoms with E-state index in [0.29, 0.717) is 0 Å². The van der Waals surface area contributed by atoms with E-state index in [4.69, 9.17) is 4.74 Å². The molecule has 1 aromatic rings. The van der Waals surface area contributed by atoms with Crippen LogP contribution in [-0.4, -0.2) is 62.3 Å². The van der Waals surface area contributed by atoms with Crippen LogP contribution in [-0.2, 0) is 5.60 Å². The maximum atomic E-state index is 11.6. The number of aliphatic hydroxyl groups is 1. The summed E-state index contributed by atoms with van der Waals surface area (Å²) in [6.07, 6.45) is 5.96. The Kier molecular flexibility index (Phi) is 7.73. The lowest BCUT2D eigenvalue weighted by Crippen LogP contribution is -2.53. The van der Waals surface area contributed by atoms with Gasteiger partial charge in [-0.2, -0.15) is 0 Å². The van der Waals surface area contributed by atoms with Gasteiger partial charge in [0.2, 0.25) is 0 Å². The molecule has 0 bridgehead atoms. The van der Waals surface area contributed by atoms with Crippen molar-refractivity contribution in [3.8, 4) is 5.75 Å². The van der Waals surface area contributed by atoms with E-state index < -0.39 is 5.60 Å². The predicted molar refractivity (Wildman–Crippen MR) is 104 cm³/mol. The van der Waals surface area contributed by atoms with Gasteiger partial charge in [-0.15, -0.1) is 0 Å². The van der Waals surface area contributed by atoms with E-state index in [1.165, 1.54) is 25.7 Å².